The Labute approximate surface area is 185 Å². The van der Waals surface area contributed by atoms with Crippen LogP contribution in [0.5, 0.6) is 0 Å². The van der Waals surface area contributed by atoms with Gasteiger partial charge in [-0.3, -0.25) is 4.90 Å². The summed E-state index contributed by atoms with van der Waals surface area (Å²) in [6, 6.07) is 17.6. The first-order chi connectivity index (χ1) is 15.6. The number of ether oxygens (including phenoxy) is 1. The Morgan fingerprint density at radius 3 is 2.21 bits per heavy atom. The van der Waals surface area contributed by atoms with Crippen molar-refractivity contribution in [2.75, 3.05) is 13.1 Å². The monoisotopic (exact) mass is 465 g/mol. The third-order valence-electron chi connectivity index (χ3n) is 4.61. The molecule has 0 bridgehead atoms. The second-order valence-electron chi connectivity index (χ2n) is 7.11. The van der Waals surface area contributed by atoms with Gasteiger partial charge in [0.1, 0.15) is 11.9 Å². The van der Waals surface area contributed by atoms with Crippen LogP contribution < -0.4 is 0 Å². The van der Waals surface area contributed by atoms with Crippen LogP contribution in [0.2, 0.25) is 0 Å². The van der Waals surface area contributed by atoms with Crippen molar-refractivity contribution in [1.82, 2.24) is 14.7 Å². The number of carboxylic acids is 1. The molecule has 1 fully saturated rings. The molecular weight excluding hydrogens is 446 g/mol. The van der Waals surface area contributed by atoms with Crippen LogP contribution in [0.25, 0.3) is 5.69 Å². The Hall–Kier alpha value is -3.73. The van der Waals surface area contributed by atoms with Crippen molar-refractivity contribution in [1.29, 1.82) is 0 Å². The number of aliphatic carboxylic acids is 1. The Morgan fingerprint density at radius 1 is 1.03 bits per heavy atom. The van der Waals surface area contributed by atoms with Gasteiger partial charge < -0.3 is 9.84 Å². The van der Waals surface area contributed by atoms with Crippen LogP contribution in [0.15, 0.2) is 66.9 Å². The van der Waals surface area contributed by atoms with E-state index in [2.05, 4.69) is 10.00 Å². The van der Waals surface area contributed by atoms with E-state index in [1.54, 1.807) is 29.1 Å². The highest BCUT2D eigenvalue weighted by molar-refractivity contribution is 5.88. The molecule has 2 heterocycles. The molecule has 174 valence electrons. The number of carbonyl (C=O) groups is 2. The van der Waals surface area contributed by atoms with Crippen molar-refractivity contribution in [3.05, 3.63) is 83.9 Å². The molecule has 7 nitrogen and oxygen atoms in total. The average molecular weight is 465 g/mol. The molecule has 1 aliphatic rings. The van der Waals surface area contributed by atoms with Gasteiger partial charge in [0, 0.05) is 19.6 Å². The van der Waals surface area contributed by atoms with Gasteiger partial charge in [0.25, 0.3) is 0 Å². The first-order valence-corrected chi connectivity index (χ1v) is 9.71. The quantitative estimate of drug-likeness (QED) is 0.457. The molecule has 3 aromatic rings. The smallest absolute Gasteiger partial charge is 0.475 e. The molecule has 1 aliphatic heterocycles. The highest BCUT2D eigenvalue weighted by Gasteiger charge is 2.38. The Morgan fingerprint density at radius 2 is 1.64 bits per heavy atom. The fourth-order valence-electron chi connectivity index (χ4n) is 3.02. The summed E-state index contributed by atoms with van der Waals surface area (Å²) in [7, 11) is 0. The van der Waals surface area contributed by atoms with Crippen molar-refractivity contribution < 1.29 is 37.0 Å². The molecule has 0 spiro atoms. The van der Waals surface area contributed by atoms with Crippen molar-refractivity contribution >= 4 is 11.9 Å². The molecule has 0 atom stereocenters. The van der Waals surface area contributed by atoms with E-state index in [9.17, 15) is 22.4 Å². The van der Waals surface area contributed by atoms with Crippen LogP contribution >= 0.6 is 0 Å². The van der Waals surface area contributed by atoms with E-state index >= 15 is 0 Å². The maximum Gasteiger partial charge on any atom is 0.490 e. The van der Waals surface area contributed by atoms with Crippen LogP contribution in [0.1, 0.15) is 16.1 Å². The normalized spacial score (nSPS) is 14.1. The van der Waals surface area contributed by atoms with Gasteiger partial charge in [-0.1, -0.05) is 30.3 Å². The summed E-state index contributed by atoms with van der Waals surface area (Å²) in [5.74, 6) is -3.37. The molecule has 0 amide bonds. The standard InChI is InChI=1S/C20H18FN3O2.C2HF3O2/c21-16-8-6-15(7-9-16)12-23-13-18(14-23)26-20(25)19-10-11-22-24(19)17-4-2-1-3-5-17;3-2(4,5)1(6)7/h1-11,18H,12-14H2;(H,6,7). The van der Waals surface area contributed by atoms with Crippen molar-refractivity contribution in [3.8, 4) is 5.69 Å². The predicted octanol–water partition coefficient (Wildman–Crippen LogP) is 3.69. The lowest BCUT2D eigenvalue weighted by Gasteiger charge is -2.38. The summed E-state index contributed by atoms with van der Waals surface area (Å²) >= 11 is 0. The number of benzene rings is 2. The number of hydrogen-bond acceptors (Lipinski definition) is 5. The van der Waals surface area contributed by atoms with E-state index in [0.717, 1.165) is 17.8 Å². The summed E-state index contributed by atoms with van der Waals surface area (Å²) in [5.41, 5.74) is 2.27. The van der Waals surface area contributed by atoms with Crippen LogP contribution in [0, 0.1) is 5.82 Å². The Balaban J connectivity index is 0.000000383. The minimum atomic E-state index is -5.08. The van der Waals surface area contributed by atoms with E-state index in [1.165, 1.54) is 12.1 Å². The van der Waals surface area contributed by atoms with Crippen LogP contribution in [-0.2, 0) is 16.1 Å². The molecule has 0 radical (unpaired) electrons. The highest BCUT2D eigenvalue weighted by atomic mass is 19.4. The number of halogens is 4. The third kappa shape index (κ3) is 6.62. The minimum Gasteiger partial charge on any atom is -0.475 e. The number of carbonyl (C=O) groups excluding carboxylic acids is 1. The fourth-order valence-corrected chi connectivity index (χ4v) is 3.02. The molecule has 0 saturated carbocycles. The van der Waals surface area contributed by atoms with Gasteiger partial charge in [0.15, 0.2) is 5.69 Å². The number of esters is 1. The Kier molecular flexibility index (Phi) is 7.44. The van der Waals surface area contributed by atoms with Crippen LogP contribution in [0.3, 0.4) is 0 Å². The first kappa shape index (κ1) is 23.9. The van der Waals surface area contributed by atoms with Crippen molar-refractivity contribution in [2.24, 2.45) is 0 Å². The third-order valence-corrected chi connectivity index (χ3v) is 4.61. The molecular formula is C22H19F4N3O4. The summed E-state index contributed by atoms with van der Waals surface area (Å²) < 4.78 is 51.8. The predicted molar refractivity (Wildman–Crippen MR) is 108 cm³/mol. The largest absolute Gasteiger partial charge is 0.490 e. The van der Waals surface area contributed by atoms with Crippen molar-refractivity contribution in [2.45, 2.75) is 18.8 Å². The van der Waals surface area contributed by atoms with Crippen LogP contribution in [0.4, 0.5) is 17.6 Å². The summed E-state index contributed by atoms with van der Waals surface area (Å²) in [6.45, 7) is 2.06. The second-order valence-corrected chi connectivity index (χ2v) is 7.11. The maximum atomic E-state index is 12.9. The number of carboxylic acid groups (broad SMARTS) is 1. The zero-order valence-electron chi connectivity index (χ0n) is 17.1. The van der Waals surface area contributed by atoms with E-state index in [1.807, 2.05) is 30.3 Å². The van der Waals surface area contributed by atoms with Gasteiger partial charge in [0.2, 0.25) is 0 Å². The molecule has 33 heavy (non-hydrogen) atoms. The van der Waals surface area contributed by atoms with Gasteiger partial charge in [-0.25, -0.2) is 18.7 Å². The number of nitrogens with zero attached hydrogens (tertiary/aromatic N) is 3. The summed E-state index contributed by atoms with van der Waals surface area (Å²) in [6.07, 6.45) is -3.63. The first-order valence-electron chi connectivity index (χ1n) is 9.71. The summed E-state index contributed by atoms with van der Waals surface area (Å²) in [5, 5.41) is 11.3. The van der Waals surface area contributed by atoms with Crippen molar-refractivity contribution in [3.63, 3.8) is 0 Å². The number of likely N-dealkylation sites (tertiary alicyclic amines) is 1. The minimum absolute atomic E-state index is 0.137. The molecule has 4 rings (SSSR count). The zero-order valence-corrected chi connectivity index (χ0v) is 17.1. The molecule has 1 N–H and O–H groups in total. The van der Waals surface area contributed by atoms with E-state index in [4.69, 9.17) is 14.6 Å². The molecule has 1 aromatic heterocycles. The van der Waals surface area contributed by atoms with Gasteiger partial charge >= 0.3 is 18.1 Å². The zero-order chi connectivity index (χ0) is 24.0. The molecule has 0 aliphatic carbocycles. The molecule has 11 heteroatoms. The Bertz CT molecular complexity index is 1080. The lowest BCUT2D eigenvalue weighted by atomic mass is 10.1. The maximum absolute atomic E-state index is 12.9. The van der Waals surface area contributed by atoms with E-state index in [-0.39, 0.29) is 17.9 Å². The van der Waals surface area contributed by atoms with E-state index in [0.29, 0.717) is 18.8 Å². The van der Waals surface area contributed by atoms with E-state index < -0.39 is 12.1 Å². The number of alkyl halides is 3. The van der Waals surface area contributed by atoms with Gasteiger partial charge in [0.05, 0.1) is 11.9 Å². The highest BCUT2D eigenvalue weighted by Crippen LogP contribution is 2.19. The summed E-state index contributed by atoms with van der Waals surface area (Å²) in [4.78, 5) is 23.5. The van der Waals surface area contributed by atoms with Crippen LogP contribution in [-0.4, -0.2) is 57.1 Å². The SMILES string of the molecule is O=C(O)C(F)(F)F.O=C(OC1CN(Cc2ccc(F)cc2)C1)c1ccnn1-c1ccccc1. The number of hydrogen-bond donors (Lipinski definition) is 1. The topological polar surface area (TPSA) is 84.7 Å². The number of para-hydroxylation sites is 1. The molecule has 2 aromatic carbocycles. The average Bonchev–Trinajstić information content (AvgIpc) is 3.24. The van der Waals surface area contributed by atoms with Gasteiger partial charge in [-0.15, -0.1) is 0 Å². The second kappa shape index (κ2) is 10.3. The van der Waals surface area contributed by atoms with Gasteiger partial charge in [-0.2, -0.15) is 18.3 Å². The number of rotatable bonds is 5. The van der Waals surface area contributed by atoms with Gasteiger partial charge in [-0.05, 0) is 35.9 Å². The number of aromatic nitrogens is 2. The molecule has 1 saturated heterocycles. The lowest BCUT2D eigenvalue weighted by molar-refractivity contribution is -0.192. The lowest BCUT2D eigenvalue weighted by Crippen LogP contribution is -2.52. The molecule has 0 unspecified atom stereocenters. The fraction of sp³-hybridized carbons (Fsp3) is 0.227.